The number of rotatable bonds is 1. The molecule has 1 aromatic heterocycles. The Morgan fingerprint density at radius 1 is 0.880 bits per heavy atom. The van der Waals surface area contributed by atoms with Gasteiger partial charge in [0.2, 0.25) is 0 Å². The van der Waals surface area contributed by atoms with E-state index >= 15 is 0 Å². The number of aryl methyl sites for hydroxylation is 5. The molecule has 1 fully saturated rings. The zero-order valence-corrected chi connectivity index (χ0v) is 17.6. The third-order valence-electron chi connectivity index (χ3n) is 4.00. The summed E-state index contributed by atoms with van der Waals surface area (Å²) < 4.78 is 0. The first kappa shape index (κ1) is 23.1. The van der Waals surface area contributed by atoms with Crippen molar-refractivity contribution in [3.05, 3.63) is 76.6 Å². The van der Waals surface area contributed by atoms with Gasteiger partial charge in [-0.05, 0) is 83.1 Å². The average Bonchev–Trinajstić information content (AvgIpc) is 3.42. The molecule has 0 spiro atoms. The standard InChI is InChI=1S/C9H12.C7H9N.C6H10.C2H6/c1-7-4-5-8(2)9(3)6-7;1-6-3-4-7(2)8-5-6;1-5(2)6-3-4-6;1-2/h4-6H,1-3H3;3-5H,1-2H3;6H,1,3-4H2,2H3;1-2H3. The number of pyridine rings is 1. The maximum Gasteiger partial charge on any atom is 0.0372 e. The van der Waals surface area contributed by atoms with Crippen molar-refractivity contribution in [3.8, 4) is 0 Å². The van der Waals surface area contributed by atoms with E-state index in [2.05, 4.69) is 63.5 Å². The Kier molecular flexibility index (Phi) is 11.5. The Hall–Kier alpha value is -1.89. The van der Waals surface area contributed by atoms with E-state index in [9.17, 15) is 0 Å². The van der Waals surface area contributed by atoms with Crippen LogP contribution in [0.1, 0.15) is 61.6 Å². The molecule has 138 valence electrons. The number of aromatic nitrogens is 1. The lowest BCUT2D eigenvalue weighted by Gasteiger charge is -1.98. The van der Waals surface area contributed by atoms with Crippen molar-refractivity contribution in [2.24, 2.45) is 5.92 Å². The van der Waals surface area contributed by atoms with Crippen LogP contribution in [-0.4, -0.2) is 4.98 Å². The van der Waals surface area contributed by atoms with Gasteiger partial charge in [0.15, 0.2) is 0 Å². The van der Waals surface area contributed by atoms with Gasteiger partial charge in [0, 0.05) is 11.9 Å². The topological polar surface area (TPSA) is 12.9 Å². The smallest absolute Gasteiger partial charge is 0.0372 e. The molecule has 1 heteroatoms. The Labute approximate surface area is 156 Å². The van der Waals surface area contributed by atoms with E-state index < -0.39 is 0 Å². The highest BCUT2D eigenvalue weighted by molar-refractivity contribution is 5.28. The van der Waals surface area contributed by atoms with Gasteiger partial charge >= 0.3 is 0 Å². The predicted octanol–water partition coefficient (Wildman–Crippen LogP) is 7.31. The summed E-state index contributed by atoms with van der Waals surface area (Å²) in [7, 11) is 0. The molecule has 0 amide bonds. The summed E-state index contributed by atoms with van der Waals surface area (Å²) in [5, 5.41) is 0. The molecule has 0 aliphatic heterocycles. The van der Waals surface area contributed by atoms with Crippen LogP contribution in [0.2, 0.25) is 0 Å². The van der Waals surface area contributed by atoms with Gasteiger partial charge in [0.05, 0.1) is 0 Å². The molecule has 1 aromatic carbocycles. The maximum atomic E-state index is 4.08. The minimum Gasteiger partial charge on any atom is -0.261 e. The van der Waals surface area contributed by atoms with E-state index in [4.69, 9.17) is 0 Å². The average molecular weight is 340 g/mol. The number of nitrogens with zero attached hydrogens (tertiary/aromatic N) is 1. The van der Waals surface area contributed by atoms with Crippen molar-refractivity contribution < 1.29 is 0 Å². The molecule has 0 unspecified atom stereocenters. The van der Waals surface area contributed by atoms with Crippen LogP contribution in [0.5, 0.6) is 0 Å². The normalized spacial score (nSPS) is 11.7. The van der Waals surface area contributed by atoms with Crippen molar-refractivity contribution in [3.63, 3.8) is 0 Å². The molecule has 1 heterocycles. The fourth-order valence-electron chi connectivity index (χ4n) is 2.01. The van der Waals surface area contributed by atoms with E-state index in [0.717, 1.165) is 11.6 Å². The summed E-state index contributed by atoms with van der Waals surface area (Å²) in [6.07, 6.45) is 4.67. The molecule has 1 aliphatic carbocycles. The zero-order valence-electron chi connectivity index (χ0n) is 17.6. The first-order chi connectivity index (χ1) is 11.8. The third-order valence-corrected chi connectivity index (χ3v) is 4.00. The van der Waals surface area contributed by atoms with E-state index in [1.165, 1.54) is 40.7 Å². The fourth-order valence-corrected chi connectivity index (χ4v) is 2.01. The van der Waals surface area contributed by atoms with E-state index in [1.54, 1.807) is 0 Å². The molecule has 0 N–H and O–H groups in total. The number of hydrogen-bond acceptors (Lipinski definition) is 1. The second-order valence-corrected chi connectivity index (χ2v) is 6.69. The predicted molar refractivity (Wildman–Crippen MR) is 113 cm³/mol. The number of hydrogen-bond donors (Lipinski definition) is 0. The molecular weight excluding hydrogens is 302 g/mol. The van der Waals surface area contributed by atoms with Crippen LogP contribution < -0.4 is 0 Å². The highest BCUT2D eigenvalue weighted by atomic mass is 14.6. The second kappa shape index (κ2) is 12.5. The van der Waals surface area contributed by atoms with Crippen molar-refractivity contribution in [1.29, 1.82) is 0 Å². The van der Waals surface area contributed by atoms with Crippen LogP contribution in [-0.2, 0) is 0 Å². The number of benzene rings is 1. The van der Waals surface area contributed by atoms with Gasteiger partial charge in [-0.15, -0.1) is 0 Å². The quantitative estimate of drug-likeness (QED) is 0.496. The molecule has 0 saturated heterocycles. The van der Waals surface area contributed by atoms with Crippen molar-refractivity contribution >= 4 is 0 Å². The molecule has 0 bridgehead atoms. The van der Waals surface area contributed by atoms with Gasteiger partial charge in [-0.1, -0.05) is 55.8 Å². The van der Waals surface area contributed by atoms with Gasteiger partial charge in [0.1, 0.15) is 0 Å². The molecular formula is C24H37N. The van der Waals surface area contributed by atoms with Crippen LogP contribution in [0.3, 0.4) is 0 Å². The van der Waals surface area contributed by atoms with E-state index in [-0.39, 0.29) is 0 Å². The van der Waals surface area contributed by atoms with Crippen LogP contribution in [0.15, 0.2) is 48.7 Å². The van der Waals surface area contributed by atoms with E-state index in [1.807, 2.05) is 40.0 Å². The molecule has 3 rings (SSSR count). The molecule has 0 radical (unpaired) electrons. The Balaban J connectivity index is 0.000000334. The van der Waals surface area contributed by atoms with Gasteiger partial charge in [-0.25, -0.2) is 0 Å². The highest BCUT2D eigenvalue weighted by Gasteiger charge is 2.20. The highest BCUT2D eigenvalue weighted by Crippen LogP contribution is 2.34. The lowest BCUT2D eigenvalue weighted by Crippen LogP contribution is -1.79. The summed E-state index contributed by atoms with van der Waals surface area (Å²) in [5.41, 5.74) is 7.77. The van der Waals surface area contributed by atoms with Crippen molar-refractivity contribution in [2.45, 2.75) is 68.2 Å². The van der Waals surface area contributed by atoms with E-state index in [0.29, 0.717) is 0 Å². The van der Waals surface area contributed by atoms with Gasteiger partial charge in [0.25, 0.3) is 0 Å². The van der Waals surface area contributed by atoms with Crippen molar-refractivity contribution in [2.75, 3.05) is 0 Å². The van der Waals surface area contributed by atoms with Gasteiger partial charge in [-0.2, -0.15) is 0 Å². The molecule has 1 aliphatic rings. The van der Waals surface area contributed by atoms with Crippen LogP contribution in [0, 0.1) is 40.5 Å². The Bertz CT molecular complexity index is 598. The summed E-state index contributed by atoms with van der Waals surface area (Å²) >= 11 is 0. The van der Waals surface area contributed by atoms with Gasteiger partial charge < -0.3 is 0 Å². The summed E-state index contributed by atoms with van der Waals surface area (Å²) in [6, 6.07) is 10.6. The minimum absolute atomic E-state index is 0.907. The summed E-state index contributed by atoms with van der Waals surface area (Å²) in [6.45, 7) is 20.3. The molecule has 2 aromatic rings. The molecule has 1 nitrogen and oxygen atoms in total. The molecule has 1 saturated carbocycles. The fraction of sp³-hybridized carbons (Fsp3) is 0.458. The lowest BCUT2D eigenvalue weighted by atomic mass is 10.1. The monoisotopic (exact) mass is 339 g/mol. The van der Waals surface area contributed by atoms with Crippen LogP contribution >= 0.6 is 0 Å². The first-order valence-corrected chi connectivity index (χ1v) is 9.38. The van der Waals surface area contributed by atoms with Crippen molar-refractivity contribution in [1.82, 2.24) is 4.98 Å². The lowest BCUT2D eigenvalue weighted by molar-refractivity contribution is 1.02. The first-order valence-electron chi connectivity index (χ1n) is 9.38. The Morgan fingerprint density at radius 2 is 1.44 bits per heavy atom. The second-order valence-electron chi connectivity index (χ2n) is 6.69. The van der Waals surface area contributed by atoms with Crippen LogP contribution in [0.4, 0.5) is 0 Å². The maximum absolute atomic E-state index is 4.08. The largest absolute Gasteiger partial charge is 0.261 e. The summed E-state index contributed by atoms with van der Waals surface area (Å²) in [4.78, 5) is 4.08. The molecule has 0 atom stereocenters. The summed E-state index contributed by atoms with van der Waals surface area (Å²) in [5.74, 6) is 0.907. The molecule has 25 heavy (non-hydrogen) atoms. The number of allylic oxidation sites excluding steroid dienone is 1. The minimum atomic E-state index is 0.907. The SMILES string of the molecule is C=C(C)C1CC1.CC.Cc1ccc(C)c(C)c1.Cc1ccc(C)nc1. The Morgan fingerprint density at radius 3 is 1.72 bits per heavy atom. The third kappa shape index (κ3) is 11.3. The van der Waals surface area contributed by atoms with Gasteiger partial charge in [-0.3, -0.25) is 4.98 Å². The zero-order chi connectivity index (χ0) is 19.4. The van der Waals surface area contributed by atoms with Crippen LogP contribution in [0.25, 0.3) is 0 Å².